The predicted octanol–water partition coefficient (Wildman–Crippen LogP) is 3.06. The van der Waals surface area contributed by atoms with Crippen molar-refractivity contribution >= 4 is 33.3 Å². The van der Waals surface area contributed by atoms with E-state index in [1.54, 1.807) is 0 Å². The summed E-state index contributed by atoms with van der Waals surface area (Å²) in [5, 5.41) is 10.1. The molecule has 0 spiro atoms. The van der Waals surface area contributed by atoms with Crippen LogP contribution in [0.25, 0.3) is 0 Å². The van der Waals surface area contributed by atoms with E-state index in [9.17, 15) is 9.90 Å². The van der Waals surface area contributed by atoms with Crippen LogP contribution in [0.5, 0.6) is 0 Å². The molecule has 0 rings (SSSR count). The summed E-state index contributed by atoms with van der Waals surface area (Å²) in [6, 6.07) is 0. The minimum Gasteiger partial charge on any atom is -0.550 e. The van der Waals surface area contributed by atoms with E-state index in [0.29, 0.717) is 0 Å². The van der Waals surface area contributed by atoms with E-state index in [4.69, 9.17) is 0 Å². The Labute approximate surface area is 127 Å². The molecule has 0 aliphatic heterocycles. The van der Waals surface area contributed by atoms with Crippen LogP contribution in [-0.2, 0) is 4.79 Å². The largest absolute Gasteiger partial charge is 0.550 e. The minimum atomic E-state index is -0.907. The minimum absolute atomic E-state index is 0. The number of hydrogen-bond donors (Lipinski definition) is 0. The Bertz CT molecular complexity index is 160. The Morgan fingerprint density at radius 1 is 0.765 bits per heavy atom. The standard InChI is InChI=1S/C14H28O2.Pb/c1-2-3-4-5-6-7-8-9-10-11-12-13-14(15)16;/h2-13H2,1H3,(H,15,16);/p-1. The maximum atomic E-state index is 10.1. The molecule has 2 nitrogen and oxygen atoms in total. The Morgan fingerprint density at radius 2 is 1.12 bits per heavy atom. The van der Waals surface area contributed by atoms with Crippen LogP contribution in [0.2, 0.25) is 0 Å². The number of rotatable bonds is 12. The number of hydrogen-bond acceptors (Lipinski definition) is 2. The first-order chi connectivity index (χ1) is 7.77. The molecule has 0 aliphatic rings. The van der Waals surface area contributed by atoms with Crippen LogP contribution in [0.3, 0.4) is 0 Å². The van der Waals surface area contributed by atoms with Gasteiger partial charge in [-0.3, -0.25) is 0 Å². The van der Waals surface area contributed by atoms with Crippen molar-refractivity contribution < 1.29 is 9.90 Å². The fourth-order valence-corrected chi connectivity index (χ4v) is 1.93. The van der Waals surface area contributed by atoms with Gasteiger partial charge in [0.1, 0.15) is 0 Å². The van der Waals surface area contributed by atoms with E-state index in [-0.39, 0.29) is 33.7 Å². The monoisotopic (exact) mass is 435 g/mol. The number of aliphatic carboxylic acids is 1. The molecule has 0 saturated carbocycles. The number of carboxylic acid groups (broad SMARTS) is 1. The summed E-state index contributed by atoms with van der Waals surface area (Å²) in [5.74, 6) is -0.907. The van der Waals surface area contributed by atoms with Gasteiger partial charge < -0.3 is 9.90 Å². The van der Waals surface area contributed by atoms with Crippen molar-refractivity contribution in [2.45, 2.75) is 84.0 Å². The second-order valence-corrected chi connectivity index (χ2v) is 4.66. The average Bonchev–Trinajstić information content (AvgIpc) is 2.25. The molecule has 0 fully saturated rings. The van der Waals surface area contributed by atoms with Gasteiger partial charge in [0.2, 0.25) is 0 Å². The topological polar surface area (TPSA) is 40.1 Å². The molecule has 0 aliphatic carbocycles. The number of carbonyl (C=O) groups excluding carboxylic acids is 1. The maximum Gasteiger partial charge on any atom is 0.0414 e. The molecule has 0 aromatic heterocycles. The molecule has 0 atom stereocenters. The third-order valence-electron chi connectivity index (χ3n) is 2.98. The van der Waals surface area contributed by atoms with E-state index < -0.39 is 5.97 Å². The van der Waals surface area contributed by atoms with Gasteiger partial charge in [-0.15, -0.1) is 0 Å². The van der Waals surface area contributed by atoms with Crippen molar-refractivity contribution in [3.8, 4) is 0 Å². The van der Waals surface area contributed by atoms with Gasteiger partial charge in [0.25, 0.3) is 0 Å². The molecule has 0 saturated heterocycles. The van der Waals surface area contributed by atoms with Crippen molar-refractivity contribution in [2.75, 3.05) is 0 Å². The van der Waals surface area contributed by atoms with Crippen LogP contribution in [0.15, 0.2) is 0 Å². The fraction of sp³-hybridized carbons (Fsp3) is 0.929. The van der Waals surface area contributed by atoms with E-state index in [1.807, 2.05) is 0 Å². The second kappa shape index (κ2) is 16.4. The van der Waals surface area contributed by atoms with Gasteiger partial charge in [-0.2, -0.15) is 0 Å². The zero-order valence-corrected chi connectivity index (χ0v) is 15.2. The molecule has 0 heterocycles. The molecule has 17 heavy (non-hydrogen) atoms. The molecular weight excluding hydrogens is 407 g/mol. The predicted molar refractivity (Wildman–Crippen MR) is 71.8 cm³/mol. The average molecular weight is 435 g/mol. The fourth-order valence-electron chi connectivity index (χ4n) is 1.93. The van der Waals surface area contributed by atoms with Gasteiger partial charge in [-0.25, -0.2) is 0 Å². The van der Waals surface area contributed by atoms with Crippen LogP contribution in [-0.4, -0.2) is 33.3 Å². The SMILES string of the molecule is CCCCCCCCCCCCCC(=O)[O-].[Pb]. The summed E-state index contributed by atoms with van der Waals surface area (Å²) in [7, 11) is 0. The first-order valence-corrected chi connectivity index (χ1v) is 6.97. The summed E-state index contributed by atoms with van der Waals surface area (Å²) >= 11 is 0. The van der Waals surface area contributed by atoms with Gasteiger partial charge in [-0.05, 0) is 12.8 Å². The zero-order valence-electron chi connectivity index (χ0n) is 11.3. The van der Waals surface area contributed by atoms with Gasteiger partial charge >= 0.3 is 0 Å². The van der Waals surface area contributed by atoms with Crippen molar-refractivity contribution in [3.05, 3.63) is 0 Å². The number of carbonyl (C=O) groups is 1. The molecule has 0 unspecified atom stereocenters. The van der Waals surface area contributed by atoms with Crippen molar-refractivity contribution in [3.63, 3.8) is 0 Å². The Morgan fingerprint density at radius 3 is 1.47 bits per heavy atom. The molecule has 100 valence electrons. The summed E-state index contributed by atoms with van der Waals surface area (Å²) < 4.78 is 0. The molecular formula is C14H27O2Pb-. The van der Waals surface area contributed by atoms with Crippen LogP contribution < -0.4 is 5.11 Å². The van der Waals surface area contributed by atoms with Crippen LogP contribution in [0.1, 0.15) is 84.0 Å². The first-order valence-electron chi connectivity index (χ1n) is 6.97. The van der Waals surface area contributed by atoms with E-state index >= 15 is 0 Å². The molecule has 0 amide bonds. The Hall–Kier alpha value is 0.392. The number of carboxylic acids is 1. The van der Waals surface area contributed by atoms with Gasteiger partial charge in [0.15, 0.2) is 0 Å². The smallest absolute Gasteiger partial charge is 0.0414 e. The number of unbranched alkanes of at least 4 members (excludes halogenated alkanes) is 10. The van der Waals surface area contributed by atoms with E-state index in [0.717, 1.165) is 12.8 Å². The summed E-state index contributed by atoms with van der Waals surface area (Å²) in [6.45, 7) is 2.24. The Kier molecular flexibility index (Phi) is 19.0. The van der Waals surface area contributed by atoms with Gasteiger partial charge in [0, 0.05) is 33.3 Å². The summed E-state index contributed by atoms with van der Waals surface area (Å²) in [6.07, 6.45) is 14.0. The van der Waals surface area contributed by atoms with Crippen molar-refractivity contribution in [2.24, 2.45) is 0 Å². The molecule has 4 radical (unpaired) electrons. The van der Waals surface area contributed by atoms with E-state index in [1.165, 1.54) is 57.8 Å². The maximum absolute atomic E-state index is 10.1. The van der Waals surface area contributed by atoms with Gasteiger partial charge in [0.05, 0.1) is 0 Å². The van der Waals surface area contributed by atoms with Gasteiger partial charge in [-0.1, -0.05) is 71.1 Å². The quantitative estimate of drug-likeness (QED) is 0.350. The van der Waals surface area contributed by atoms with Crippen molar-refractivity contribution in [1.82, 2.24) is 0 Å². The van der Waals surface area contributed by atoms with Crippen molar-refractivity contribution in [1.29, 1.82) is 0 Å². The Balaban J connectivity index is 0. The first kappa shape index (κ1) is 19.7. The third kappa shape index (κ3) is 18.9. The second-order valence-electron chi connectivity index (χ2n) is 4.66. The molecule has 0 aromatic rings. The molecule has 0 aromatic carbocycles. The molecule has 0 N–H and O–H groups in total. The van der Waals surface area contributed by atoms with Crippen LogP contribution in [0.4, 0.5) is 0 Å². The summed E-state index contributed by atoms with van der Waals surface area (Å²) in [4.78, 5) is 10.1. The molecule has 0 bridgehead atoms. The summed E-state index contributed by atoms with van der Waals surface area (Å²) in [5.41, 5.74) is 0. The third-order valence-corrected chi connectivity index (χ3v) is 2.98. The molecule has 3 heteroatoms. The normalized spacial score (nSPS) is 9.94. The van der Waals surface area contributed by atoms with Crippen LogP contribution in [0, 0.1) is 0 Å². The van der Waals surface area contributed by atoms with E-state index in [2.05, 4.69) is 6.92 Å². The van der Waals surface area contributed by atoms with Crippen LogP contribution >= 0.6 is 0 Å². The zero-order chi connectivity index (χ0) is 12.1.